The van der Waals surface area contributed by atoms with Crippen LogP contribution in [0.25, 0.3) is 0 Å². The van der Waals surface area contributed by atoms with E-state index in [1.807, 2.05) is 0 Å². The van der Waals surface area contributed by atoms with E-state index in [0.717, 1.165) is 6.04 Å². The number of hydrogen-bond acceptors (Lipinski definition) is 3. The first-order valence-corrected chi connectivity index (χ1v) is 9.35. The summed E-state index contributed by atoms with van der Waals surface area (Å²) in [5.41, 5.74) is 0.474. The zero-order valence-corrected chi connectivity index (χ0v) is 14.2. The normalized spacial score (nSPS) is 33.1. The standard InChI is InChI=1S/C18H35N3/c1-18(2)9-6-10-19-17(18)15-20-13-7-16(8-14-20)21-11-4-3-5-12-21/h16-17,19H,3-15H2,1-2H3. The molecule has 0 amide bonds. The summed E-state index contributed by atoms with van der Waals surface area (Å²) < 4.78 is 0. The third-order valence-corrected chi connectivity index (χ3v) is 6.24. The molecule has 0 radical (unpaired) electrons. The van der Waals surface area contributed by atoms with Crippen LogP contribution in [0.4, 0.5) is 0 Å². The van der Waals surface area contributed by atoms with Gasteiger partial charge in [-0.3, -0.25) is 0 Å². The van der Waals surface area contributed by atoms with Crippen LogP contribution in [-0.4, -0.2) is 61.2 Å². The van der Waals surface area contributed by atoms with Crippen molar-refractivity contribution in [2.45, 2.75) is 70.9 Å². The van der Waals surface area contributed by atoms with Crippen LogP contribution >= 0.6 is 0 Å². The summed E-state index contributed by atoms with van der Waals surface area (Å²) >= 11 is 0. The Hall–Kier alpha value is -0.120. The summed E-state index contributed by atoms with van der Waals surface area (Å²) in [6.07, 6.45) is 9.84. The molecule has 0 aliphatic carbocycles. The number of rotatable bonds is 3. The van der Waals surface area contributed by atoms with Crippen LogP contribution in [0.3, 0.4) is 0 Å². The third-order valence-electron chi connectivity index (χ3n) is 6.24. The molecule has 3 heterocycles. The van der Waals surface area contributed by atoms with E-state index in [4.69, 9.17) is 0 Å². The molecule has 3 aliphatic heterocycles. The first-order valence-electron chi connectivity index (χ1n) is 9.35. The molecule has 0 aromatic carbocycles. The van der Waals surface area contributed by atoms with Crippen molar-refractivity contribution in [3.63, 3.8) is 0 Å². The average Bonchev–Trinajstić information content (AvgIpc) is 2.51. The highest BCUT2D eigenvalue weighted by Crippen LogP contribution is 2.31. The monoisotopic (exact) mass is 293 g/mol. The molecule has 3 saturated heterocycles. The second-order valence-electron chi connectivity index (χ2n) is 8.23. The molecule has 1 N–H and O–H groups in total. The van der Waals surface area contributed by atoms with Crippen LogP contribution in [0.15, 0.2) is 0 Å². The molecule has 21 heavy (non-hydrogen) atoms. The molecule has 1 unspecified atom stereocenters. The lowest BCUT2D eigenvalue weighted by Gasteiger charge is -2.45. The molecule has 3 rings (SSSR count). The minimum absolute atomic E-state index is 0.474. The number of piperidine rings is 3. The van der Waals surface area contributed by atoms with Crippen molar-refractivity contribution in [1.29, 1.82) is 0 Å². The molecular formula is C18H35N3. The topological polar surface area (TPSA) is 18.5 Å². The summed E-state index contributed by atoms with van der Waals surface area (Å²) in [6.45, 7) is 12.7. The Kier molecular flexibility index (Phi) is 5.23. The number of nitrogens with zero attached hydrogens (tertiary/aromatic N) is 2. The average molecular weight is 293 g/mol. The van der Waals surface area contributed by atoms with Gasteiger partial charge in [-0.25, -0.2) is 0 Å². The first-order chi connectivity index (χ1) is 10.1. The van der Waals surface area contributed by atoms with Gasteiger partial charge in [-0.1, -0.05) is 20.3 Å². The Labute approximate surface area is 131 Å². The van der Waals surface area contributed by atoms with E-state index in [9.17, 15) is 0 Å². The van der Waals surface area contributed by atoms with Gasteiger partial charge in [0.05, 0.1) is 0 Å². The molecule has 0 bridgehead atoms. The van der Waals surface area contributed by atoms with E-state index < -0.39 is 0 Å². The van der Waals surface area contributed by atoms with Gasteiger partial charge in [0, 0.05) is 18.6 Å². The van der Waals surface area contributed by atoms with Crippen molar-refractivity contribution in [2.24, 2.45) is 5.41 Å². The van der Waals surface area contributed by atoms with E-state index in [2.05, 4.69) is 29.0 Å². The SMILES string of the molecule is CC1(C)CCCNC1CN1CCC(N2CCCCC2)CC1. The molecule has 122 valence electrons. The fourth-order valence-corrected chi connectivity index (χ4v) is 4.59. The summed E-state index contributed by atoms with van der Waals surface area (Å²) in [4.78, 5) is 5.51. The highest BCUT2D eigenvalue weighted by Gasteiger charge is 2.34. The van der Waals surface area contributed by atoms with Crippen LogP contribution < -0.4 is 5.32 Å². The summed E-state index contributed by atoms with van der Waals surface area (Å²) in [6, 6.07) is 1.58. The fourth-order valence-electron chi connectivity index (χ4n) is 4.59. The van der Waals surface area contributed by atoms with Gasteiger partial charge >= 0.3 is 0 Å². The highest BCUT2D eigenvalue weighted by molar-refractivity contribution is 4.91. The smallest absolute Gasteiger partial charge is 0.0246 e. The van der Waals surface area contributed by atoms with Crippen molar-refractivity contribution in [3.05, 3.63) is 0 Å². The highest BCUT2D eigenvalue weighted by atomic mass is 15.2. The van der Waals surface area contributed by atoms with E-state index in [1.165, 1.54) is 84.2 Å². The van der Waals surface area contributed by atoms with Gasteiger partial charge in [0.2, 0.25) is 0 Å². The molecule has 0 aromatic heterocycles. The first kappa shape index (κ1) is 15.8. The van der Waals surface area contributed by atoms with E-state index in [-0.39, 0.29) is 0 Å². The van der Waals surface area contributed by atoms with Gasteiger partial charge in [-0.05, 0) is 76.7 Å². The molecule has 1 atom stereocenters. The van der Waals surface area contributed by atoms with Crippen molar-refractivity contribution in [3.8, 4) is 0 Å². The lowest BCUT2D eigenvalue weighted by atomic mass is 9.77. The maximum Gasteiger partial charge on any atom is 0.0246 e. The van der Waals surface area contributed by atoms with Gasteiger partial charge in [0.15, 0.2) is 0 Å². The number of hydrogen-bond donors (Lipinski definition) is 1. The summed E-state index contributed by atoms with van der Waals surface area (Å²) in [7, 11) is 0. The van der Waals surface area contributed by atoms with Gasteiger partial charge in [-0.15, -0.1) is 0 Å². The van der Waals surface area contributed by atoms with E-state index >= 15 is 0 Å². The Balaban J connectivity index is 1.45. The number of likely N-dealkylation sites (tertiary alicyclic amines) is 2. The molecule has 3 fully saturated rings. The Bertz CT molecular complexity index is 314. The third kappa shape index (κ3) is 4.00. The van der Waals surface area contributed by atoms with Gasteiger partial charge in [-0.2, -0.15) is 0 Å². The lowest BCUT2D eigenvalue weighted by molar-refractivity contribution is 0.0686. The van der Waals surface area contributed by atoms with Crippen LogP contribution in [0, 0.1) is 5.41 Å². The van der Waals surface area contributed by atoms with E-state index in [1.54, 1.807) is 0 Å². The fraction of sp³-hybridized carbons (Fsp3) is 1.00. The molecule has 3 nitrogen and oxygen atoms in total. The Morgan fingerprint density at radius 2 is 1.67 bits per heavy atom. The molecule has 0 aromatic rings. The molecule has 3 aliphatic rings. The predicted molar refractivity (Wildman–Crippen MR) is 89.7 cm³/mol. The largest absolute Gasteiger partial charge is 0.312 e. The Morgan fingerprint density at radius 1 is 0.952 bits per heavy atom. The van der Waals surface area contributed by atoms with Gasteiger partial charge < -0.3 is 15.1 Å². The van der Waals surface area contributed by atoms with Gasteiger partial charge in [0.1, 0.15) is 0 Å². The van der Waals surface area contributed by atoms with E-state index in [0.29, 0.717) is 11.5 Å². The van der Waals surface area contributed by atoms with Crippen LogP contribution in [0.5, 0.6) is 0 Å². The quantitative estimate of drug-likeness (QED) is 0.863. The van der Waals surface area contributed by atoms with Crippen molar-refractivity contribution in [1.82, 2.24) is 15.1 Å². The zero-order chi connectivity index (χ0) is 14.7. The van der Waals surface area contributed by atoms with Gasteiger partial charge in [0.25, 0.3) is 0 Å². The molecule has 0 saturated carbocycles. The molecular weight excluding hydrogens is 258 g/mol. The molecule has 0 spiro atoms. The second kappa shape index (κ2) is 6.97. The van der Waals surface area contributed by atoms with Crippen LogP contribution in [0.1, 0.15) is 58.8 Å². The summed E-state index contributed by atoms with van der Waals surface area (Å²) in [5, 5.41) is 3.78. The zero-order valence-electron chi connectivity index (χ0n) is 14.2. The second-order valence-corrected chi connectivity index (χ2v) is 8.23. The maximum absolute atomic E-state index is 3.78. The minimum Gasteiger partial charge on any atom is -0.312 e. The van der Waals surface area contributed by atoms with Crippen LogP contribution in [-0.2, 0) is 0 Å². The predicted octanol–water partition coefficient (Wildman–Crippen LogP) is 2.71. The minimum atomic E-state index is 0.474. The van der Waals surface area contributed by atoms with Crippen molar-refractivity contribution < 1.29 is 0 Å². The summed E-state index contributed by atoms with van der Waals surface area (Å²) in [5.74, 6) is 0. The maximum atomic E-state index is 3.78. The van der Waals surface area contributed by atoms with Crippen molar-refractivity contribution >= 4 is 0 Å². The lowest BCUT2D eigenvalue weighted by Crippen LogP contribution is -2.55. The van der Waals surface area contributed by atoms with Crippen molar-refractivity contribution in [2.75, 3.05) is 39.3 Å². The Morgan fingerprint density at radius 3 is 2.33 bits per heavy atom. The number of nitrogens with one attached hydrogen (secondary N) is 1. The van der Waals surface area contributed by atoms with Crippen LogP contribution in [0.2, 0.25) is 0 Å². The molecule has 3 heteroatoms.